The predicted octanol–water partition coefficient (Wildman–Crippen LogP) is 2.40. The first kappa shape index (κ1) is 12.6. The highest BCUT2D eigenvalue weighted by Gasteiger charge is 2.09. The minimum atomic E-state index is -3.48. The quantitative estimate of drug-likeness (QED) is 0.868. The topological polar surface area (TPSA) is 55.4 Å². The van der Waals surface area contributed by atoms with E-state index >= 15 is 0 Å². The zero-order valence-electron chi connectivity index (χ0n) is 7.83. The molecule has 1 N–H and O–H groups in total. The van der Waals surface area contributed by atoms with Crippen molar-refractivity contribution in [1.29, 1.82) is 0 Å². The summed E-state index contributed by atoms with van der Waals surface area (Å²) in [6.45, 7) is 0. The number of methoxy groups -OCH3 is 1. The zero-order valence-corrected chi connectivity index (χ0v) is 11.0. The van der Waals surface area contributed by atoms with Gasteiger partial charge >= 0.3 is 0 Å². The van der Waals surface area contributed by atoms with Crippen molar-refractivity contribution in [3.8, 4) is 5.75 Å². The molecule has 0 aliphatic heterocycles. The number of sulfonamides is 1. The van der Waals surface area contributed by atoms with Crippen LogP contribution in [0.4, 0.5) is 5.69 Å². The van der Waals surface area contributed by atoms with Gasteiger partial charge < -0.3 is 4.74 Å². The van der Waals surface area contributed by atoms with Crippen molar-refractivity contribution < 1.29 is 13.2 Å². The van der Waals surface area contributed by atoms with E-state index < -0.39 is 15.2 Å². The lowest BCUT2D eigenvalue weighted by atomic mass is 10.3. The maximum atomic E-state index is 11.2. The first-order valence-electron chi connectivity index (χ1n) is 3.88. The minimum absolute atomic E-state index is 0.405. The molecule has 7 heteroatoms. The Balaban J connectivity index is 3.00. The molecule has 0 radical (unpaired) electrons. The Hall–Kier alpha value is -0.460. The summed E-state index contributed by atoms with van der Waals surface area (Å²) in [5.41, 5.74) is 0.405. The molecule has 0 aromatic heterocycles. The Labute approximate surface area is 102 Å². The van der Waals surface area contributed by atoms with Crippen molar-refractivity contribution in [1.82, 2.24) is 0 Å². The number of anilines is 1. The molecule has 0 saturated carbocycles. The molecule has 84 valence electrons. The second-order valence-corrected chi connectivity index (χ2v) is 5.93. The zero-order chi connectivity index (χ0) is 11.5. The normalized spacial score (nSPS) is 11.1. The fraction of sp³-hybridized carbons (Fsp3) is 0.250. The van der Waals surface area contributed by atoms with Crippen LogP contribution in [0.15, 0.2) is 22.7 Å². The number of nitrogens with one attached hydrogen (secondary N) is 1. The highest BCUT2D eigenvalue weighted by molar-refractivity contribution is 9.10. The van der Waals surface area contributed by atoms with Gasteiger partial charge in [-0.2, -0.15) is 0 Å². The second kappa shape index (κ2) is 5.05. The summed E-state index contributed by atoms with van der Waals surface area (Å²) in [5.74, 6) is 0.552. The molecule has 0 atom stereocenters. The van der Waals surface area contributed by atoms with Gasteiger partial charge in [-0.3, -0.25) is 4.72 Å². The number of halogens is 2. The lowest BCUT2D eigenvalue weighted by molar-refractivity contribution is 0.415. The molecule has 0 bridgehead atoms. The SMILES string of the molecule is COc1cc(Br)cc(NS(=O)(=O)CCl)c1. The van der Waals surface area contributed by atoms with Crippen molar-refractivity contribution in [2.75, 3.05) is 17.0 Å². The van der Waals surface area contributed by atoms with Gasteiger partial charge in [0.25, 0.3) is 0 Å². The molecule has 1 aromatic carbocycles. The molecule has 0 amide bonds. The van der Waals surface area contributed by atoms with E-state index in [-0.39, 0.29) is 0 Å². The van der Waals surface area contributed by atoms with Crippen molar-refractivity contribution in [2.45, 2.75) is 0 Å². The summed E-state index contributed by atoms with van der Waals surface area (Å²) in [6, 6.07) is 4.90. The van der Waals surface area contributed by atoms with Gasteiger partial charge in [0.2, 0.25) is 10.0 Å². The highest BCUT2D eigenvalue weighted by Crippen LogP contribution is 2.25. The standard InChI is InChI=1S/C8H9BrClNO3S/c1-14-8-3-6(9)2-7(4-8)11-15(12,13)5-10/h2-4,11H,5H2,1H3. The largest absolute Gasteiger partial charge is 0.497 e. The van der Waals surface area contributed by atoms with E-state index in [1.807, 2.05) is 0 Å². The number of rotatable bonds is 4. The van der Waals surface area contributed by atoms with Crippen LogP contribution in [0.5, 0.6) is 5.75 Å². The summed E-state index contributed by atoms with van der Waals surface area (Å²) in [4.78, 5) is 0. The van der Waals surface area contributed by atoms with Crippen LogP contribution in [-0.2, 0) is 10.0 Å². The summed E-state index contributed by atoms with van der Waals surface area (Å²) in [5, 5.41) is -0.484. The van der Waals surface area contributed by atoms with Crippen LogP contribution in [0.2, 0.25) is 0 Å². The molecule has 0 unspecified atom stereocenters. The van der Waals surface area contributed by atoms with Crippen LogP contribution in [0.1, 0.15) is 0 Å². The average Bonchev–Trinajstić information content (AvgIpc) is 2.16. The van der Waals surface area contributed by atoms with E-state index in [1.165, 1.54) is 7.11 Å². The Morgan fingerprint density at radius 2 is 2.13 bits per heavy atom. The van der Waals surface area contributed by atoms with Crippen LogP contribution < -0.4 is 9.46 Å². The summed E-state index contributed by atoms with van der Waals surface area (Å²) in [7, 11) is -1.97. The molecule has 0 saturated heterocycles. The molecule has 0 heterocycles. The molecule has 0 aliphatic rings. The van der Waals surface area contributed by atoms with Crippen molar-refractivity contribution >= 4 is 43.2 Å². The number of alkyl halides is 1. The lowest BCUT2D eigenvalue weighted by Crippen LogP contribution is -2.13. The smallest absolute Gasteiger partial charge is 0.246 e. The summed E-state index contributed by atoms with van der Waals surface area (Å²) in [6.07, 6.45) is 0. The van der Waals surface area contributed by atoms with Crippen LogP contribution in [0.25, 0.3) is 0 Å². The molecule has 0 fully saturated rings. The third-order valence-corrected chi connectivity index (χ3v) is 3.68. The maximum Gasteiger partial charge on any atom is 0.246 e. The number of hydrogen-bond acceptors (Lipinski definition) is 3. The number of ether oxygens (including phenoxy) is 1. The van der Waals surface area contributed by atoms with Crippen LogP contribution in [0.3, 0.4) is 0 Å². The maximum absolute atomic E-state index is 11.2. The van der Waals surface area contributed by atoms with Gasteiger partial charge in [0.05, 0.1) is 12.8 Å². The average molecular weight is 315 g/mol. The molecule has 1 aromatic rings. The van der Waals surface area contributed by atoms with Gasteiger partial charge in [-0.05, 0) is 12.1 Å². The van der Waals surface area contributed by atoms with Gasteiger partial charge in [0, 0.05) is 10.5 Å². The van der Waals surface area contributed by atoms with E-state index in [1.54, 1.807) is 18.2 Å². The molecular formula is C8H9BrClNO3S. The van der Waals surface area contributed by atoms with E-state index in [4.69, 9.17) is 16.3 Å². The first-order chi connectivity index (χ1) is 6.96. The molecular weight excluding hydrogens is 306 g/mol. The molecule has 4 nitrogen and oxygen atoms in total. The lowest BCUT2D eigenvalue weighted by Gasteiger charge is -2.07. The minimum Gasteiger partial charge on any atom is -0.497 e. The first-order valence-corrected chi connectivity index (χ1v) is 6.86. The van der Waals surface area contributed by atoms with Gasteiger partial charge in [0.15, 0.2) is 0 Å². The summed E-state index contributed by atoms with van der Waals surface area (Å²) >= 11 is 8.50. The van der Waals surface area contributed by atoms with Crippen molar-refractivity contribution in [3.63, 3.8) is 0 Å². The van der Waals surface area contributed by atoms with E-state index in [0.29, 0.717) is 15.9 Å². The third-order valence-electron chi connectivity index (χ3n) is 1.52. The number of hydrogen-bond donors (Lipinski definition) is 1. The molecule has 0 aliphatic carbocycles. The van der Waals surface area contributed by atoms with Crippen molar-refractivity contribution in [2.24, 2.45) is 0 Å². The van der Waals surface area contributed by atoms with E-state index in [0.717, 1.165) is 0 Å². The van der Waals surface area contributed by atoms with Crippen LogP contribution in [0, 0.1) is 0 Å². The van der Waals surface area contributed by atoms with Gasteiger partial charge in [-0.1, -0.05) is 15.9 Å². The highest BCUT2D eigenvalue weighted by atomic mass is 79.9. The Morgan fingerprint density at radius 1 is 1.47 bits per heavy atom. The second-order valence-electron chi connectivity index (χ2n) is 2.71. The Bertz CT molecular complexity index is 449. The van der Waals surface area contributed by atoms with Crippen molar-refractivity contribution in [3.05, 3.63) is 22.7 Å². The predicted molar refractivity (Wildman–Crippen MR) is 64.0 cm³/mol. The Morgan fingerprint density at radius 3 is 2.67 bits per heavy atom. The van der Waals surface area contributed by atoms with E-state index in [2.05, 4.69) is 20.7 Å². The van der Waals surface area contributed by atoms with E-state index in [9.17, 15) is 8.42 Å². The van der Waals surface area contributed by atoms with Gasteiger partial charge in [-0.25, -0.2) is 8.42 Å². The fourth-order valence-electron chi connectivity index (χ4n) is 0.946. The molecule has 1 rings (SSSR count). The third kappa shape index (κ3) is 3.89. The number of benzene rings is 1. The van der Waals surface area contributed by atoms with Crippen LogP contribution >= 0.6 is 27.5 Å². The van der Waals surface area contributed by atoms with Gasteiger partial charge in [-0.15, -0.1) is 11.6 Å². The fourth-order valence-corrected chi connectivity index (χ4v) is 2.11. The summed E-state index contributed by atoms with van der Waals surface area (Å²) < 4.78 is 30.4. The monoisotopic (exact) mass is 313 g/mol. The molecule has 15 heavy (non-hydrogen) atoms. The van der Waals surface area contributed by atoms with Gasteiger partial charge in [0.1, 0.15) is 11.0 Å². The Kier molecular flexibility index (Phi) is 4.24. The molecule has 0 spiro atoms. The van der Waals surface area contributed by atoms with Crippen LogP contribution in [-0.4, -0.2) is 20.7 Å².